The van der Waals surface area contributed by atoms with E-state index >= 15 is 0 Å². The monoisotopic (exact) mass is 306 g/mol. The highest BCUT2D eigenvalue weighted by Gasteiger charge is 2.34. The number of thioether (sulfide) groups is 1. The van der Waals surface area contributed by atoms with Crippen molar-refractivity contribution >= 4 is 49.4 Å². The van der Waals surface area contributed by atoms with Crippen LogP contribution < -0.4 is 0 Å². The van der Waals surface area contributed by atoms with Crippen molar-refractivity contribution in [3.8, 4) is 0 Å². The molecule has 0 aromatic rings. The van der Waals surface area contributed by atoms with Crippen LogP contribution in [-0.2, 0) is 4.79 Å². The third kappa shape index (κ3) is 1.47. The van der Waals surface area contributed by atoms with Crippen LogP contribution in [0.15, 0.2) is 34.8 Å². The minimum atomic E-state index is -0.289. The van der Waals surface area contributed by atoms with Crippen molar-refractivity contribution in [1.82, 2.24) is 0 Å². The van der Waals surface area contributed by atoms with Crippen molar-refractivity contribution in [3.05, 3.63) is 34.8 Å². The predicted octanol–water partition coefficient (Wildman–Crippen LogP) is 3.13. The third-order valence-corrected chi connectivity index (χ3v) is 3.98. The zero-order valence-corrected chi connectivity index (χ0v) is 9.87. The van der Waals surface area contributed by atoms with Gasteiger partial charge in [0, 0.05) is 10.5 Å². The van der Waals surface area contributed by atoms with Crippen LogP contribution in [0, 0.1) is 0 Å². The summed E-state index contributed by atoms with van der Waals surface area (Å²) in [5, 5.41) is 0. The molecule has 1 heterocycles. The van der Waals surface area contributed by atoms with Crippen molar-refractivity contribution < 1.29 is 4.79 Å². The summed E-state index contributed by atoms with van der Waals surface area (Å²) in [5.41, 5.74) is 0.788. The molecule has 0 radical (unpaired) electrons. The minimum absolute atomic E-state index is 0.0841. The summed E-state index contributed by atoms with van der Waals surface area (Å²) in [6.07, 6.45) is 7.19. The van der Waals surface area contributed by atoms with Crippen LogP contribution in [0.25, 0.3) is 0 Å². The normalized spacial score (nSPS) is 25.0. The third-order valence-electron chi connectivity index (χ3n) is 1.58. The topological polar surface area (TPSA) is 17.1 Å². The van der Waals surface area contributed by atoms with Gasteiger partial charge in [0.1, 0.15) is 2.57 Å². The number of ketones is 1. The molecule has 1 aliphatic carbocycles. The van der Waals surface area contributed by atoms with E-state index in [0.717, 1.165) is 10.5 Å². The Balaban J connectivity index is 2.47. The zero-order chi connectivity index (χ0) is 8.77. The van der Waals surface area contributed by atoms with Gasteiger partial charge in [-0.25, -0.2) is 0 Å². The molecule has 0 aromatic carbocycles. The van der Waals surface area contributed by atoms with Crippen LogP contribution in [-0.4, -0.2) is 8.35 Å². The number of hydrogen-bond donors (Lipinski definition) is 0. The van der Waals surface area contributed by atoms with E-state index in [1.54, 1.807) is 23.9 Å². The lowest BCUT2D eigenvalue weighted by Gasteiger charge is -2.07. The van der Waals surface area contributed by atoms with Crippen molar-refractivity contribution in [2.75, 3.05) is 0 Å². The first-order valence-electron chi connectivity index (χ1n) is 3.31. The predicted molar refractivity (Wildman–Crippen MR) is 58.5 cm³/mol. The quantitative estimate of drug-likeness (QED) is 0.640. The van der Waals surface area contributed by atoms with Crippen LogP contribution in [0.4, 0.5) is 0 Å². The molecule has 0 saturated heterocycles. The Hall–Kier alpha value is 0.200. The molecule has 0 saturated carbocycles. The van der Waals surface area contributed by atoms with E-state index in [1.165, 1.54) is 0 Å². The summed E-state index contributed by atoms with van der Waals surface area (Å²) >= 11 is 8.47. The van der Waals surface area contributed by atoms with Gasteiger partial charge in [-0.05, 0) is 18.2 Å². The van der Waals surface area contributed by atoms with E-state index < -0.39 is 0 Å². The standard InChI is InChI=1S/C8H4Br2OS/c9-8(10)4-5-6(11)2-1-3-7(5)12-8/h1-4H. The zero-order valence-electron chi connectivity index (χ0n) is 5.88. The van der Waals surface area contributed by atoms with E-state index in [4.69, 9.17) is 0 Å². The largest absolute Gasteiger partial charge is 0.289 e. The Kier molecular flexibility index (Phi) is 2.09. The summed E-state index contributed by atoms with van der Waals surface area (Å²) < 4.78 is -0.289. The molecular weight excluding hydrogens is 304 g/mol. The van der Waals surface area contributed by atoms with E-state index in [0.29, 0.717) is 0 Å². The molecule has 0 unspecified atom stereocenters. The van der Waals surface area contributed by atoms with Crippen molar-refractivity contribution in [3.63, 3.8) is 0 Å². The summed E-state index contributed by atoms with van der Waals surface area (Å²) in [5.74, 6) is 0.0841. The Morgan fingerprint density at radius 3 is 2.83 bits per heavy atom. The molecule has 0 atom stereocenters. The van der Waals surface area contributed by atoms with E-state index in [-0.39, 0.29) is 8.35 Å². The maximum absolute atomic E-state index is 11.3. The molecule has 62 valence electrons. The highest BCUT2D eigenvalue weighted by atomic mass is 79.9. The fourth-order valence-electron chi connectivity index (χ4n) is 1.10. The van der Waals surface area contributed by atoms with Gasteiger partial charge in [0.25, 0.3) is 0 Å². The minimum Gasteiger partial charge on any atom is -0.289 e. The number of carbonyl (C=O) groups excluding carboxylic acids is 1. The SMILES string of the molecule is O=C1C=CC=C2SC(Br)(Br)C=C12. The molecule has 0 N–H and O–H groups in total. The van der Waals surface area contributed by atoms with Crippen molar-refractivity contribution in [2.45, 2.75) is 2.57 Å². The highest BCUT2D eigenvalue weighted by molar-refractivity contribution is 9.28. The second kappa shape index (κ2) is 2.86. The molecule has 2 rings (SSSR count). The average Bonchev–Trinajstić information content (AvgIpc) is 2.25. The molecule has 2 aliphatic rings. The summed E-state index contributed by atoms with van der Waals surface area (Å²) in [4.78, 5) is 12.3. The fraction of sp³-hybridized carbons (Fsp3) is 0.125. The summed E-state index contributed by atoms with van der Waals surface area (Å²) in [7, 11) is 0. The Morgan fingerprint density at radius 2 is 2.17 bits per heavy atom. The number of hydrogen-bond acceptors (Lipinski definition) is 2. The van der Waals surface area contributed by atoms with Crippen LogP contribution >= 0.6 is 43.6 Å². The van der Waals surface area contributed by atoms with Crippen molar-refractivity contribution in [2.24, 2.45) is 0 Å². The first-order valence-corrected chi connectivity index (χ1v) is 5.71. The highest BCUT2D eigenvalue weighted by Crippen LogP contribution is 2.53. The Labute approximate surface area is 91.2 Å². The van der Waals surface area contributed by atoms with Crippen LogP contribution in [0.5, 0.6) is 0 Å². The summed E-state index contributed by atoms with van der Waals surface area (Å²) in [6, 6.07) is 0. The van der Waals surface area contributed by atoms with Crippen molar-refractivity contribution in [1.29, 1.82) is 0 Å². The van der Waals surface area contributed by atoms with E-state index in [1.807, 2.05) is 12.2 Å². The molecule has 1 nitrogen and oxygen atoms in total. The molecule has 0 fully saturated rings. The molecule has 4 heteroatoms. The van der Waals surface area contributed by atoms with Gasteiger partial charge in [-0.1, -0.05) is 49.7 Å². The molecule has 0 amide bonds. The lowest BCUT2D eigenvalue weighted by Crippen LogP contribution is -2.00. The molecule has 0 spiro atoms. The molecule has 0 aromatic heterocycles. The second-order valence-corrected chi connectivity index (χ2v) is 8.38. The first kappa shape index (κ1) is 8.78. The first-order chi connectivity index (χ1) is 5.58. The molecular formula is C8H4Br2OS. The number of rotatable bonds is 0. The van der Waals surface area contributed by atoms with E-state index in [2.05, 4.69) is 31.9 Å². The maximum Gasteiger partial charge on any atom is 0.186 e. The smallest absolute Gasteiger partial charge is 0.186 e. The lowest BCUT2D eigenvalue weighted by molar-refractivity contribution is -0.111. The lowest BCUT2D eigenvalue weighted by atomic mass is 10.1. The van der Waals surface area contributed by atoms with Gasteiger partial charge < -0.3 is 0 Å². The van der Waals surface area contributed by atoms with Gasteiger partial charge >= 0.3 is 0 Å². The van der Waals surface area contributed by atoms with Gasteiger partial charge in [0.05, 0.1) is 0 Å². The van der Waals surface area contributed by atoms with Gasteiger partial charge in [-0.2, -0.15) is 0 Å². The van der Waals surface area contributed by atoms with Crippen LogP contribution in [0.3, 0.4) is 0 Å². The Morgan fingerprint density at radius 1 is 1.42 bits per heavy atom. The van der Waals surface area contributed by atoms with E-state index in [9.17, 15) is 4.79 Å². The van der Waals surface area contributed by atoms with Gasteiger partial charge in [0.2, 0.25) is 0 Å². The van der Waals surface area contributed by atoms with Gasteiger partial charge in [-0.15, -0.1) is 0 Å². The van der Waals surface area contributed by atoms with Crippen LogP contribution in [0.1, 0.15) is 0 Å². The molecule has 12 heavy (non-hydrogen) atoms. The van der Waals surface area contributed by atoms with Gasteiger partial charge in [0.15, 0.2) is 5.78 Å². The molecule has 1 aliphatic heterocycles. The summed E-state index contributed by atoms with van der Waals surface area (Å²) in [6.45, 7) is 0. The second-order valence-electron chi connectivity index (χ2n) is 2.48. The van der Waals surface area contributed by atoms with Gasteiger partial charge in [-0.3, -0.25) is 4.79 Å². The number of halogens is 2. The Bertz CT molecular complexity index is 339. The molecule has 0 bridgehead atoms. The number of alkyl halides is 2. The fourth-order valence-corrected chi connectivity index (χ4v) is 3.49. The number of allylic oxidation sites excluding steroid dienone is 4. The number of carbonyl (C=O) groups is 1. The number of fused-ring (bicyclic) bond motifs is 1. The van der Waals surface area contributed by atoms with Crippen LogP contribution in [0.2, 0.25) is 0 Å². The average molecular weight is 308 g/mol. The maximum atomic E-state index is 11.3.